The van der Waals surface area contributed by atoms with E-state index < -0.39 is 0 Å². The normalized spacial score (nSPS) is 17.9. The monoisotopic (exact) mass is 149 g/mol. The molecule has 1 atom stereocenters. The van der Waals surface area contributed by atoms with Crippen molar-refractivity contribution in [3.63, 3.8) is 0 Å². The lowest BCUT2D eigenvalue weighted by molar-refractivity contribution is 0.223. The molecule has 0 aliphatic carbocycles. The molecule has 0 saturated carbocycles. The maximum atomic E-state index is 4.80. The Hall–Kier alpha value is 0.280. The summed E-state index contributed by atoms with van der Waals surface area (Å²) in [5.41, 5.74) is 0. The van der Waals surface area contributed by atoms with Gasteiger partial charge in [0.1, 0.15) is 6.73 Å². The minimum atomic E-state index is 0.675. The Balaban J connectivity index is 2.16. The molecule has 1 unspecified atom stereocenters. The van der Waals surface area contributed by atoms with Crippen molar-refractivity contribution in [3.05, 3.63) is 11.6 Å². The van der Waals surface area contributed by atoms with Crippen molar-refractivity contribution in [1.82, 2.24) is 4.90 Å². The van der Waals surface area contributed by atoms with Crippen molar-refractivity contribution in [2.45, 2.75) is 0 Å². The van der Waals surface area contributed by atoms with E-state index in [0.29, 0.717) is 6.73 Å². The third kappa shape index (κ3) is 1.66. The molecule has 0 radical (unpaired) electrons. The highest BCUT2D eigenvalue weighted by Crippen LogP contribution is 2.14. The van der Waals surface area contributed by atoms with Gasteiger partial charge in [0, 0.05) is 15.7 Å². The molecule has 0 saturated heterocycles. The second kappa shape index (κ2) is 3.33. The molecule has 1 aliphatic rings. The molecule has 0 bridgehead atoms. The number of hydrogen-bond donors (Lipinski definition) is 0. The summed E-state index contributed by atoms with van der Waals surface area (Å²) in [7, 11) is 2.22. The van der Waals surface area contributed by atoms with Gasteiger partial charge >= 0.3 is 0 Å². The predicted octanol–water partition coefficient (Wildman–Crippen LogP) is 1.23. The summed E-state index contributed by atoms with van der Waals surface area (Å²) in [4.78, 5) is 2.08. The van der Waals surface area contributed by atoms with Gasteiger partial charge in [-0.2, -0.15) is 0 Å². The fourth-order valence-electron chi connectivity index (χ4n) is 0.487. The molecule has 0 N–H and O–H groups in total. The highest BCUT2D eigenvalue weighted by Gasteiger charge is 2.00. The Kier molecular flexibility index (Phi) is 2.67. The molecule has 0 aromatic heterocycles. The van der Waals surface area contributed by atoms with Crippen LogP contribution in [0, 0.1) is 0 Å². The summed E-state index contributed by atoms with van der Waals surface area (Å²) in [6.07, 6.45) is 2.02. The zero-order chi connectivity index (χ0) is 5.82. The maximum absolute atomic E-state index is 4.80. The van der Waals surface area contributed by atoms with Crippen molar-refractivity contribution < 1.29 is 4.52 Å². The van der Waals surface area contributed by atoms with Crippen LogP contribution in [-0.4, -0.2) is 17.5 Å². The van der Waals surface area contributed by atoms with Gasteiger partial charge in [-0.1, -0.05) is 0 Å². The number of hydrogen-bond acceptors (Lipinski definition) is 3. The van der Waals surface area contributed by atoms with Crippen LogP contribution in [0.2, 0.25) is 0 Å². The summed E-state index contributed by atoms with van der Waals surface area (Å²) in [6.45, 7) is 0.675. The first-order chi connectivity index (χ1) is 3.93. The number of rotatable bonds is 2. The lowest BCUT2D eigenvalue weighted by Crippen LogP contribution is -2.13. The molecule has 1 heterocycles. The minimum absolute atomic E-state index is 0.675. The van der Waals surface area contributed by atoms with E-state index in [9.17, 15) is 0 Å². The van der Waals surface area contributed by atoms with Gasteiger partial charge < -0.3 is 9.42 Å². The summed E-state index contributed by atoms with van der Waals surface area (Å²) in [5, 5.41) is 2.06. The first-order valence-electron chi connectivity index (χ1n) is 2.27. The molecular formula is C4H8NOPS. The van der Waals surface area contributed by atoms with Crippen LogP contribution in [0.3, 0.4) is 0 Å². The van der Waals surface area contributed by atoms with Crippen LogP contribution in [0.5, 0.6) is 0 Å². The first kappa shape index (κ1) is 6.40. The lowest BCUT2D eigenvalue weighted by Gasteiger charge is -2.10. The van der Waals surface area contributed by atoms with Crippen LogP contribution in [-0.2, 0) is 4.52 Å². The minimum Gasteiger partial charge on any atom is -0.345 e. The molecule has 0 aromatic rings. The molecule has 4 heteroatoms. The van der Waals surface area contributed by atoms with E-state index in [2.05, 4.69) is 19.8 Å². The zero-order valence-electron chi connectivity index (χ0n) is 4.41. The summed E-state index contributed by atoms with van der Waals surface area (Å²) >= 11 is 1.78. The molecule has 46 valence electrons. The molecule has 8 heavy (non-hydrogen) atoms. The van der Waals surface area contributed by atoms with Crippen LogP contribution in [0.1, 0.15) is 0 Å². The smallest absolute Gasteiger partial charge is 0.122 e. The standard InChI is InChI=1S/C4H8NOPS/c7-6-3-5-1-2-8-4-5/h1-2H,3-4,7H2. The van der Waals surface area contributed by atoms with Crippen LogP contribution < -0.4 is 0 Å². The van der Waals surface area contributed by atoms with Gasteiger partial charge in [-0.15, -0.1) is 11.8 Å². The SMILES string of the molecule is POCN1C=CSC1. The molecule has 2 nitrogen and oxygen atoms in total. The second-order valence-electron chi connectivity index (χ2n) is 1.47. The third-order valence-corrected chi connectivity index (χ3v) is 1.79. The van der Waals surface area contributed by atoms with E-state index in [1.165, 1.54) is 0 Å². The Morgan fingerprint density at radius 2 is 2.75 bits per heavy atom. The quantitative estimate of drug-likeness (QED) is 0.548. The summed E-state index contributed by atoms with van der Waals surface area (Å²) in [6, 6.07) is 0. The number of thioether (sulfide) groups is 1. The molecule has 1 aliphatic heterocycles. The summed E-state index contributed by atoms with van der Waals surface area (Å²) < 4.78 is 4.80. The van der Waals surface area contributed by atoms with Gasteiger partial charge in [0.25, 0.3) is 0 Å². The van der Waals surface area contributed by atoms with Crippen LogP contribution in [0.15, 0.2) is 11.6 Å². The molecule has 1 rings (SSSR count). The van der Waals surface area contributed by atoms with E-state index in [0.717, 1.165) is 5.88 Å². The van der Waals surface area contributed by atoms with Crippen molar-refractivity contribution in [2.75, 3.05) is 12.6 Å². The average Bonchev–Trinajstić information content (AvgIpc) is 2.19. The van der Waals surface area contributed by atoms with Gasteiger partial charge in [-0.05, 0) is 5.41 Å². The van der Waals surface area contributed by atoms with E-state index in [4.69, 9.17) is 4.52 Å². The topological polar surface area (TPSA) is 12.5 Å². The molecule has 0 aromatic carbocycles. The van der Waals surface area contributed by atoms with Gasteiger partial charge in [0.2, 0.25) is 0 Å². The van der Waals surface area contributed by atoms with Crippen molar-refractivity contribution in [2.24, 2.45) is 0 Å². The van der Waals surface area contributed by atoms with Crippen molar-refractivity contribution in [1.29, 1.82) is 0 Å². The van der Waals surface area contributed by atoms with Crippen LogP contribution >= 0.6 is 21.2 Å². The highest BCUT2D eigenvalue weighted by atomic mass is 32.2. The predicted molar refractivity (Wildman–Crippen MR) is 39.1 cm³/mol. The van der Waals surface area contributed by atoms with E-state index in [1.807, 2.05) is 6.20 Å². The second-order valence-corrected chi connectivity index (χ2v) is 2.66. The largest absolute Gasteiger partial charge is 0.345 e. The molecule has 0 amide bonds. The molecule has 0 fully saturated rings. The zero-order valence-corrected chi connectivity index (χ0v) is 6.38. The highest BCUT2D eigenvalue weighted by molar-refractivity contribution is 8.02. The van der Waals surface area contributed by atoms with Crippen molar-refractivity contribution >= 4 is 21.2 Å². The fourth-order valence-corrected chi connectivity index (χ4v) is 1.37. The van der Waals surface area contributed by atoms with Gasteiger partial charge in [0.05, 0.1) is 5.88 Å². The maximum Gasteiger partial charge on any atom is 0.122 e. The van der Waals surface area contributed by atoms with E-state index in [-0.39, 0.29) is 0 Å². The third-order valence-electron chi connectivity index (χ3n) is 0.849. The van der Waals surface area contributed by atoms with Crippen molar-refractivity contribution in [3.8, 4) is 0 Å². The van der Waals surface area contributed by atoms with Crippen LogP contribution in [0.4, 0.5) is 0 Å². The molecule has 0 spiro atoms. The lowest BCUT2D eigenvalue weighted by atomic mass is 10.8. The van der Waals surface area contributed by atoms with Gasteiger partial charge in [-0.3, -0.25) is 0 Å². The summed E-state index contributed by atoms with van der Waals surface area (Å²) in [5.74, 6) is 1.02. The Labute approximate surface area is 55.6 Å². The fraction of sp³-hybridized carbons (Fsp3) is 0.500. The van der Waals surface area contributed by atoms with Gasteiger partial charge in [0.15, 0.2) is 0 Å². The van der Waals surface area contributed by atoms with E-state index in [1.54, 1.807) is 11.8 Å². The number of nitrogens with zero attached hydrogens (tertiary/aromatic N) is 1. The van der Waals surface area contributed by atoms with E-state index >= 15 is 0 Å². The average molecular weight is 149 g/mol. The Bertz CT molecular complexity index is 98.0. The Morgan fingerprint density at radius 1 is 1.88 bits per heavy atom. The first-order valence-corrected chi connectivity index (χ1v) is 3.79. The Morgan fingerprint density at radius 3 is 3.25 bits per heavy atom. The molecular weight excluding hydrogens is 141 g/mol. The van der Waals surface area contributed by atoms with Crippen LogP contribution in [0.25, 0.3) is 0 Å². The van der Waals surface area contributed by atoms with Gasteiger partial charge in [-0.25, -0.2) is 0 Å².